The predicted octanol–water partition coefficient (Wildman–Crippen LogP) is 3.05. The van der Waals surface area contributed by atoms with Crippen molar-refractivity contribution in [3.05, 3.63) is 81.6 Å². The Morgan fingerprint density at radius 3 is 2.19 bits per heavy atom. The van der Waals surface area contributed by atoms with E-state index in [0.29, 0.717) is 28.1 Å². The van der Waals surface area contributed by atoms with Gasteiger partial charge in [0.15, 0.2) is 5.76 Å². The Balaban J connectivity index is 1.55. The van der Waals surface area contributed by atoms with Crippen LogP contribution in [0.2, 0.25) is 0 Å². The molecule has 0 saturated carbocycles. The number of fused-ring (bicyclic) bond motifs is 1. The van der Waals surface area contributed by atoms with Gasteiger partial charge in [-0.2, -0.15) is 0 Å². The van der Waals surface area contributed by atoms with Crippen LogP contribution in [0.25, 0.3) is 11.3 Å². The molecule has 2 heterocycles. The number of aromatic nitrogens is 1. The molecule has 2 aromatic carbocycles. The van der Waals surface area contributed by atoms with Crippen molar-refractivity contribution in [2.24, 2.45) is 0 Å². The number of carbonyl (C=O) groups excluding carboxylic acids is 2. The molecule has 1 aromatic heterocycles. The third-order valence-electron chi connectivity index (χ3n) is 4.12. The van der Waals surface area contributed by atoms with Crippen molar-refractivity contribution in [1.29, 1.82) is 0 Å². The standard InChI is InChI=1S/C18H11N3O5/c22-17-14-3-1-2-4-15(14)18(23)20(17)10-13-9-16(19-26-13)11-5-7-12(8-6-11)21(24)25/h1-9H,10H2. The first-order valence-electron chi connectivity index (χ1n) is 7.70. The van der Waals surface area contributed by atoms with Crippen LogP contribution < -0.4 is 0 Å². The number of benzene rings is 2. The Bertz CT molecular complexity index is 1000. The van der Waals surface area contributed by atoms with Gasteiger partial charge in [0.2, 0.25) is 0 Å². The minimum absolute atomic E-state index is 0.0245. The van der Waals surface area contributed by atoms with Crippen molar-refractivity contribution in [1.82, 2.24) is 10.1 Å². The Hall–Kier alpha value is -3.81. The van der Waals surface area contributed by atoms with Gasteiger partial charge in [0.1, 0.15) is 5.69 Å². The molecule has 26 heavy (non-hydrogen) atoms. The van der Waals surface area contributed by atoms with Crippen molar-refractivity contribution >= 4 is 17.5 Å². The van der Waals surface area contributed by atoms with E-state index in [1.807, 2.05) is 0 Å². The van der Waals surface area contributed by atoms with Gasteiger partial charge in [-0.05, 0) is 24.3 Å². The van der Waals surface area contributed by atoms with Crippen molar-refractivity contribution in [3.63, 3.8) is 0 Å². The molecule has 128 valence electrons. The van der Waals surface area contributed by atoms with Crippen LogP contribution in [0.15, 0.2) is 59.1 Å². The van der Waals surface area contributed by atoms with E-state index in [1.54, 1.807) is 42.5 Å². The minimum atomic E-state index is -0.486. The molecule has 3 aromatic rings. The molecule has 2 amide bonds. The van der Waals surface area contributed by atoms with Crippen LogP contribution in [0.1, 0.15) is 26.5 Å². The maximum absolute atomic E-state index is 12.4. The first-order chi connectivity index (χ1) is 12.5. The van der Waals surface area contributed by atoms with Gasteiger partial charge in [0.05, 0.1) is 22.6 Å². The molecule has 1 aliphatic heterocycles. The number of nitro groups is 1. The van der Waals surface area contributed by atoms with Crippen LogP contribution in [-0.4, -0.2) is 26.8 Å². The molecule has 4 rings (SSSR count). The minimum Gasteiger partial charge on any atom is -0.359 e. The largest absolute Gasteiger partial charge is 0.359 e. The second-order valence-corrected chi connectivity index (χ2v) is 5.72. The summed E-state index contributed by atoms with van der Waals surface area (Å²) in [4.78, 5) is 36.1. The van der Waals surface area contributed by atoms with E-state index in [4.69, 9.17) is 4.52 Å². The first kappa shape index (κ1) is 15.7. The summed E-state index contributed by atoms with van der Waals surface area (Å²) >= 11 is 0. The van der Waals surface area contributed by atoms with Gasteiger partial charge in [-0.15, -0.1) is 0 Å². The lowest BCUT2D eigenvalue weighted by atomic mass is 10.1. The van der Waals surface area contributed by atoms with Crippen LogP contribution in [-0.2, 0) is 6.54 Å². The highest BCUT2D eigenvalue weighted by Crippen LogP contribution is 2.26. The lowest BCUT2D eigenvalue weighted by Gasteiger charge is -2.10. The molecule has 0 N–H and O–H groups in total. The topological polar surface area (TPSA) is 107 Å². The van der Waals surface area contributed by atoms with Gasteiger partial charge in [-0.3, -0.25) is 24.6 Å². The summed E-state index contributed by atoms with van der Waals surface area (Å²) in [6, 6.07) is 14.1. The highest BCUT2D eigenvalue weighted by Gasteiger charge is 2.35. The average Bonchev–Trinajstić information content (AvgIpc) is 3.22. The smallest absolute Gasteiger partial charge is 0.269 e. The number of rotatable bonds is 4. The maximum atomic E-state index is 12.4. The van der Waals surface area contributed by atoms with E-state index in [-0.39, 0.29) is 24.0 Å². The molecule has 0 bridgehead atoms. The summed E-state index contributed by atoms with van der Waals surface area (Å²) in [7, 11) is 0. The Morgan fingerprint density at radius 1 is 1.00 bits per heavy atom. The summed E-state index contributed by atoms with van der Waals surface area (Å²) in [6.45, 7) is -0.0354. The average molecular weight is 349 g/mol. The maximum Gasteiger partial charge on any atom is 0.269 e. The fourth-order valence-electron chi connectivity index (χ4n) is 2.82. The Kier molecular flexibility index (Phi) is 3.58. The van der Waals surface area contributed by atoms with E-state index in [2.05, 4.69) is 5.16 Å². The first-order valence-corrected chi connectivity index (χ1v) is 7.70. The zero-order valence-corrected chi connectivity index (χ0v) is 13.3. The van der Waals surface area contributed by atoms with E-state index in [9.17, 15) is 19.7 Å². The zero-order chi connectivity index (χ0) is 18.3. The molecule has 0 unspecified atom stereocenters. The zero-order valence-electron chi connectivity index (χ0n) is 13.3. The summed E-state index contributed by atoms with van der Waals surface area (Å²) in [5, 5.41) is 14.6. The molecule has 8 heteroatoms. The summed E-state index contributed by atoms with van der Waals surface area (Å²) in [5.41, 5.74) is 1.81. The number of hydrogen-bond acceptors (Lipinski definition) is 6. The molecule has 0 saturated heterocycles. The highest BCUT2D eigenvalue weighted by atomic mass is 16.6. The van der Waals surface area contributed by atoms with Gasteiger partial charge in [-0.25, -0.2) is 0 Å². The molecule has 0 spiro atoms. The van der Waals surface area contributed by atoms with Crippen LogP contribution in [0, 0.1) is 10.1 Å². The van der Waals surface area contributed by atoms with E-state index < -0.39 is 4.92 Å². The van der Waals surface area contributed by atoms with Crippen LogP contribution in [0.4, 0.5) is 5.69 Å². The number of hydrogen-bond donors (Lipinski definition) is 0. The molecule has 0 atom stereocenters. The molecular weight excluding hydrogens is 338 g/mol. The van der Waals surface area contributed by atoms with Crippen molar-refractivity contribution in [2.45, 2.75) is 6.54 Å². The Labute approximate surface area is 146 Å². The fourth-order valence-corrected chi connectivity index (χ4v) is 2.82. The van der Waals surface area contributed by atoms with Crippen LogP contribution >= 0.6 is 0 Å². The number of non-ortho nitro benzene ring substituents is 1. The second kappa shape index (κ2) is 5.92. The molecule has 0 aliphatic carbocycles. The predicted molar refractivity (Wildman–Crippen MR) is 89.2 cm³/mol. The molecule has 1 aliphatic rings. The quantitative estimate of drug-likeness (QED) is 0.407. The fraction of sp³-hybridized carbons (Fsp3) is 0.0556. The summed E-state index contributed by atoms with van der Waals surface area (Å²) in [5.74, 6) is -0.411. The van der Waals surface area contributed by atoms with Gasteiger partial charge in [0, 0.05) is 23.8 Å². The Morgan fingerprint density at radius 2 is 1.62 bits per heavy atom. The van der Waals surface area contributed by atoms with Crippen LogP contribution in [0.3, 0.4) is 0 Å². The van der Waals surface area contributed by atoms with E-state index in [0.717, 1.165) is 4.90 Å². The summed E-state index contributed by atoms with van der Waals surface area (Å²) in [6.07, 6.45) is 0. The van der Waals surface area contributed by atoms with E-state index in [1.165, 1.54) is 12.1 Å². The number of imide groups is 1. The molecular formula is C18H11N3O5. The van der Waals surface area contributed by atoms with Gasteiger partial charge in [-0.1, -0.05) is 17.3 Å². The lowest BCUT2D eigenvalue weighted by molar-refractivity contribution is -0.384. The van der Waals surface area contributed by atoms with Gasteiger partial charge in [0.25, 0.3) is 17.5 Å². The van der Waals surface area contributed by atoms with Crippen LogP contribution in [0.5, 0.6) is 0 Å². The third kappa shape index (κ3) is 2.53. The highest BCUT2D eigenvalue weighted by molar-refractivity contribution is 6.21. The summed E-state index contributed by atoms with van der Waals surface area (Å²) < 4.78 is 5.22. The lowest BCUT2D eigenvalue weighted by Crippen LogP contribution is -2.28. The number of amides is 2. The molecule has 8 nitrogen and oxygen atoms in total. The third-order valence-corrected chi connectivity index (χ3v) is 4.12. The normalized spacial score (nSPS) is 13.2. The number of nitrogens with zero attached hydrogens (tertiary/aromatic N) is 3. The number of carbonyl (C=O) groups is 2. The molecule has 0 radical (unpaired) electrons. The molecule has 0 fully saturated rings. The monoisotopic (exact) mass is 349 g/mol. The van der Waals surface area contributed by atoms with Crippen molar-refractivity contribution in [2.75, 3.05) is 0 Å². The van der Waals surface area contributed by atoms with Gasteiger partial charge >= 0.3 is 0 Å². The van der Waals surface area contributed by atoms with Gasteiger partial charge < -0.3 is 4.52 Å². The van der Waals surface area contributed by atoms with Crippen molar-refractivity contribution < 1.29 is 19.0 Å². The second-order valence-electron chi connectivity index (χ2n) is 5.72. The SMILES string of the molecule is O=C1c2ccccc2C(=O)N1Cc1cc(-c2ccc([N+](=O)[O-])cc2)no1. The van der Waals surface area contributed by atoms with E-state index >= 15 is 0 Å². The van der Waals surface area contributed by atoms with Crippen molar-refractivity contribution in [3.8, 4) is 11.3 Å². The number of nitro benzene ring substituents is 1.